The lowest BCUT2D eigenvalue weighted by Crippen LogP contribution is -2.13. The largest absolute Gasteiger partial charge is 0.494 e. The van der Waals surface area contributed by atoms with Crippen molar-refractivity contribution in [3.63, 3.8) is 0 Å². The maximum Gasteiger partial charge on any atom is 0.266 e. The molecule has 134 valence electrons. The topological polar surface area (TPSA) is 62.1 Å². The number of hydrogen-bond acceptors (Lipinski definition) is 3. The maximum absolute atomic E-state index is 12.4. The summed E-state index contributed by atoms with van der Waals surface area (Å²) in [6, 6.07) is 15.0. The van der Waals surface area contributed by atoms with E-state index in [0.717, 1.165) is 35.3 Å². The molecule has 0 unspecified atom stereocenters. The molecule has 2 rings (SSSR count). The number of amides is 1. The van der Waals surface area contributed by atoms with Crippen LogP contribution in [-0.4, -0.2) is 12.5 Å². The molecule has 0 aliphatic carbocycles. The summed E-state index contributed by atoms with van der Waals surface area (Å²) in [6.45, 7) is 6.80. The van der Waals surface area contributed by atoms with Gasteiger partial charge in [-0.3, -0.25) is 4.79 Å². The van der Waals surface area contributed by atoms with E-state index in [1.807, 2.05) is 62.4 Å². The molecule has 1 amide bonds. The molecule has 0 bridgehead atoms. The molecule has 0 saturated heterocycles. The number of carbonyl (C=O) groups is 1. The van der Waals surface area contributed by atoms with Gasteiger partial charge in [-0.2, -0.15) is 5.26 Å². The van der Waals surface area contributed by atoms with Gasteiger partial charge in [-0.05, 0) is 67.3 Å². The Balaban J connectivity index is 2.07. The summed E-state index contributed by atoms with van der Waals surface area (Å²) in [5.74, 6) is 0.368. The van der Waals surface area contributed by atoms with Gasteiger partial charge in [0.2, 0.25) is 0 Å². The number of hydrogen-bond donors (Lipinski definition) is 1. The number of rotatable bonds is 7. The standard InChI is InChI=1S/C22H24N2O2/c1-4-5-12-26-21-10-7-18(8-11-21)14-19(15-23)22(25)24-20-9-6-16(2)17(3)13-20/h6-11,13-14H,4-5,12H2,1-3H3,(H,24,25)/b19-14-. The Morgan fingerprint density at radius 3 is 2.50 bits per heavy atom. The van der Waals surface area contributed by atoms with Crippen LogP contribution >= 0.6 is 0 Å². The van der Waals surface area contributed by atoms with Crippen molar-refractivity contribution >= 4 is 17.7 Å². The van der Waals surface area contributed by atoms with E-state index in [4.69, 9.17) is 4.74 Å². The van der Waals surface area contributed by atoms with Crippen LogP contribution in [0.4, 0.5) is 5.69 Å². The molecule has 1 N–H and O–H groups in total. The highest BCUT2D eigenvalue weighted by molar-refractivity contribution is 6.09. The minimum atomic E-state index is -0.418. The van der Waals surface area contributed by atoms with Gasteiger partial charge in [0.1, 0.15) is 17.4 Å². The molecule has 0 aliphatic heterocycles. The van der Waals surface area contributed by atoms with Crippen molar-refractivity contribution in [2.45, 2.75) is 33.6 Å². The van der Waals surface area contributed by atoms with E-state index in [9.17, 15) is 10.1 Å². The minimum absolute atomic E-state index is 0.0582. The third kappa shape index (κ3) is 5.49. The Bertz CT molecular complexity index is 830. The quantitative estimate of drug-likeness (QED) is 0.434. The predicted molar refractivity (Wildman–Crippen MR) is 105 cm³/mol. The Hall–Kier alpha value is -3.06. The minimum Gasteiger partial charge on any atom is -0.494 e. The molecule has 26 heavy (non-hydrogen) atoms. The fourth-order valence-electron chi connectivity index (χ4n) is 2.33. The lowest BCUT2D eigenvalue weighted by atomic mass is 10.1. The second-order valence-corrected chi connectivity index (χ2v) is 6.19. The normalized spacial score (nSPS) is 10.9. The SMILES string of the molecule is CCCCOc1ccc(/C=C(/C#N)C(=O)Nc2ccc(C)c(C)c2)cc1. The lowest BCUT2D eigenvalue weighted by molar-refractivity contribution is -0.112. The molecule has 4 nitrogen and oxygen atoms in total. The first-order chi connectivity index (χ1) is 12.5. The van der Waals surface area contributed by atoms with Crippen LogP contribution < -0.4 is 10.1 Å². The first kappa shape index (κ1) is 19.3. The highest BCUT2D eigenvalue weighted by atomic mass is 16.5. The number of carbonyl (C=O) groups excluding carboxylic acids is 1. The fourth-order valence-corrected chi connectivity index (χ4v) is 2.33. The first-order valence-electron chi connectivity index (χ1n) is 8.76. The van der Waals surface area contributed by atoms with Crippen LogP contribution in [0.15, 0.2) is 48.0 Å². The molecule has 4 heteroatoms. The van der Waals surface area contributed by atoms with E-state index in [1.54, 1.807) is 6.08 Å². The molecule has 0 heterocycles. The number of nitriles is 1. The number of anilines is 1. The van der Waals surface area contributed by atoms with E-state index in [2.05, 4.69) is 12.2 Å². The summed E-state index contributed by atoms with van der Waals surface area (Å²) in [4.78, 5) is 12.4. The van der Waals surface area contributed by atoms with Crippen molar-refractivity contribution in [2.24, 2.45) is 0 Å². The molecule has 0 aliphatic rings. The van der Waals surface area contributed by atoms with Crippen molar-refractivity contribution in [2.75, 3.05) is 11.9 Å². The predicted octanol–water partition coefficient (Wildman–Crippen LogP) is 5.03. The van der Waals surface area contributed by atoms with Gasteiger partial charge in [0.25, 0.3) is 5.91 Å². The van der Waals surface area contributed by atoms with Gasteiger partial charge in [-0.25, -0.2) is 0 Å². The van der Waals surface area contributed by atoms with Crippen molar-refractivity contribution < 1.29 is 9.53 Å². The van der Waals surface area contributed by atoms with Gasteiger partial charge >= 0.3 is 0 Å². The monoisotopic (exact) mass is 348 g/mol. The summed E-state index contributed by atoms with van der Waals surface area (Å²) in [7, 11) is 0. The molecule has 0 radical (unpaired) electrons. The zero-order valence-corrected chi connectivity index (χ0v) is 15.5. The van der Waals surface area contributed by atoms with E-state index < -0.39 is 5.91 Å². The molecular formula is C22H24N2O2. The number of nitrogens with zero attached hydrogens (tertiary/aromatic N) is 1. The smallest absolute Gasteiger partial charge is 0.266 e. The zero-order valence-electron chi connectivity index (χ0n) is 15.5. The van der Waals surface area contributed by atoms with Gasteiger partial charge < -0.3 is 10.1 Å². The van der Waals surface area contributed by atoms with Crippen LogP contribution in [0.2, 0.25) is 0 Å². The molecular weight excluding hydrogens is 324 g/mol. The Kier molecular flexibility index (Phi) is 6.99. The Labute approximate surface area is 155 Å². The average Bonchev–Trinajstić information content (AvgIpc) is 2.64. The lowest BCUT2D eigenvalue weighted by Gasteiger charge is -2.07. The van der Waals surface area contributed by atoms with Crippen LogP contribution in [0, 0.1) is 25.2 Å². The third-order valence-electron chi connectivity index (χ3n) is 4.09. The molecule has 0 spiro atoms. The summed E-state index contributed by atoms with van der Waals surface area (Å²) in [5, 5.41) is 12.1. The van der Waals surface area contributed by atoms with E-state index in [1.165, 1.54) is 0 Å². The van der Waals surface area contributed by atoms with Crippen LogP contribution in [0.5, 0.6) is 5.75 Å². The highest BCUT2D eigenvalue weighted by Crippen LogP contribution is 2.17. The van der Waals surface area contributed by atoms with Crippen LogP contribution in [0.1, 0.15) is 36.5 Å². The van der Waals surface area contributed by atoms with Crippen molar-refractivity contribution in [3.8, 4) is 11.8 Å². The van der Waals surface area contributed by atoms with Gasteiger partial charge in [0, 0.05) is 5.69 Å². The van der Waals surface area contributed by atoms with E-state index in [-0.39, 0.29) is 5.57 Å². The average molecular weight is 348 g/mol. The second kappa shape index (κ2) is 9.43. The molecule has 2 aromatic carbocycles. The van der Waals surface area contributed by atoms with E-state index >= 15 is 0 Å². The maximum atomic E-state index is 12.4. The van der Waals surface area contributed by atoms with Crippen LogP contribution in [-0.2, 0) is 4.79 Å². The summed E-state index contributed by atoms with van der Waals surface area (Å²) < 4.78 is 5.61. The summed E-state index contributed by atoms with van der Waals surface area (Å²) >= 11 is 0. The van der Waals surface area contributed by atoms with Crippen molar-refractivity contribution in [1.82, 2.24) is 0 Å². The third-order valence-corrected chi connectivity index (χ3v) is 4.09. The molecule has 0 aromatic heterocycles. The number of aryl methyl sites for hydroxylation is 2. The molecule has 0 fully saturated rings. The van der Waals surface area contributed by atoms with Gasteiger partial charge in [-0.15, -0.1) is 0 Å². The van der Waals surface area contributed by atoms with Gasteiger partial charge in [0.15, 0.2) is 0 Å². The Morgan fingerprint density at radius 2 is 1.88 bits per heavy atom. The summed E-state index contributed by atoms with van der Waals surface area (Å²) in [6.07, 6.45) is 3.67. The van der Waals surface area contributed by atoms with Gasteiger partial charge in [0.05, 0.1) is 6.61 Å². The highest BCUT2D eigenvalue weighted by Gasteiger charge is 2.10. The zero-order chi connectivity index (χ0) is 18.9. The van der Waals surface area contributed by atoms with Crippen molar-refractivity contribution in [3.05, 3.63) is 64.7 Å². The fraction of sp³-hybridized carbons (Fsp3) is 0.273. The Morgan fingerprint density at radius 1 is 1.15 bits per heavy atom. The molecule has 0 saturated carbocycles. The number of ether oxygens (including phenoxy) is 1. The number of unbranched alkanes of at least 4 members (excludes halogenated alkanes) is 1. The van der Waals surface area contributed by atoms with E-state index in [0.29, 0.717) is 12.3 Å². The summed E-state index contributed by atoms with van der Waals surface area (Å²) in [5.41, 5.74) is 3.76. The van der Waals surface area contributed by atoms with Gasteiger partial charge in [-0.1, -0.05) is 31.5 Å². The van der Waals surface area contributed by atoms with Crippen LogP contribution in [0.3, 0.4) is 0 Å². The van der Waals surface area contributed by atoms with Crippen molar-refractivity contribution in [1.29, 1.82) is 5.26 Å². The second-order valence-electron chi connectivity index (χ2n) is 6.19. The number of benzene rings is 2. The number of nitrogens with one attached hydrogen (secondary N) is 1. The molecule has 2 aromatic rings. The van der Waals surface area contributed by atoms with Crippen LogP contribution in [0.25, 0.3) is 6.08 Å². The first-order valence-corrected chi connectivity index (χ1v) is 8.76. The molecule has 0 atom stereocenters.